The number of thioether (sulfide) groups is 1. The Bertz CT molecular complexity index is 365. The average molecular weight is 317 g/mol. The van der Waals surface area contributed by atoms with Gasteiger partial charge in [0.15, 0.2) is 0 Å². The van der Waals surface area contributed by atoms with Gasteiger partial charge in [-0.15, -0.1) is 11.8 Å². The van der Waals surface area contributed by atoms with Crippen LogP contribution in [-0.4, -0.2) is 30.3 Å². The van der Waals surface area contributed by atoms with Gasteiger partial charge in [-0.25, -0.2) is 0 Å². The third kappa shape index (κ3) is 4.53. The van der Waals surface area contributed by atoms with E-state index in [-0.39, 0.29) is 0 Å². The van der Waals surface area contributed by atoms with Gasteiger partial charge < -0.3 is 10.6 Å². The van der Waals surface area contributed by atoms with Crippen molar-refractivity contribution in [3.05, 3.63) is 22.2 Å². The summed E-state index contributed by atoms with van der Waals surface area (Å²) in [7, 11) is 0. The van der Waals surface area contributed by atoms with E-state index in [0.29, 0.717) is 0 Å². The maximum atomic E-state index is 5.86. The van der Waals surface area contributed by atoms with Crippen LogP contribution in [0.15, 0.2) is 21.5 Å². The van der Waals surface area contributed by atoms with Crippen molar-refractivity contribution in [2.45, 2.75) is 25.7 Å². The molecule has 1 aromatic rings. The highest BCUT2D eigenvalue weighted by atomic mass is 79.9. The number of hydrogen-bond donors (Lipinski definition) is 1. The van der Waals surface area contributed by atoms with Crippen LogP contribution in [0.3, 0.4) is 0 Å². The zero-order valence-electron chi connectivity index (χ0n) is 10.8. The Kier molecular flexibility index (Phi) is 6.38. The zero-order valence-corrected chi connectivity index (χ0v) is 13.2. The van der Waals surface area contributed by atoms with Crippen LogP contribution in [-0.2, 0) is 0 Å². The quantitative estimate of drug-likeness (QED) is 0.640. The lowest BCUT2D eigenvalue weighted by Crippen LogP contribution is -2.25. The minimum atomic E-state index is 0.852. The van der Waals surface area contributed by atoms with Crippen LogP contribution in [0.2, 0.25) is 0 Å². The molecule has 0 heterocycles. The van der Waals surface area contributed by atoms with E-state index >= 15 is 0 Å². The summed E-state index contributed by atoms with van der Waals surface area (Å²) >= 11 is 5.45. The molecule has 96 valence electrons. The van der Waals surface area contributed by atoms with Crippen LogP contribution in [0.5, 0.6) is 0 Å². The molecule has 0 saturated heterocycles. The van der Waals surface area contributed by atoms with E-state index in [1.807, 2.05) is 17.8 Å². The van der Waals surface area contributed by atoms with Crippen molar-refractivity contribution in [3.8, 4) is 0 Å². The van der Waals surface area contributed by atoms with Crippen LogP contribution in [0, 0.1) is 6.92 Å². The Hall–Kier alpha value is -0.190. The zero-order chi connectivity index (χ0) is 12.8. The predicted octanol–water partition coefficient (Wildman–Crippen LogP) is 3.77. The smallest absolute Gasteiger partial charge is 0.0355 e. The van der Waals surface area contributed by atoms with Crippen LogP contribution in [0.4, 0.5) is 5.69 Å². The molecule has 0 aliphatic carbocycles. The fourth-order valence-corrected chi connectivity index (χ4v) is 3.34. The predicted molar refractivity (Wildman–Crippen MR) is 81.8 cm³/mol. The van der Waals surface area contributed by atoms with E-state index in [2.05, 4.69) is 47.7 Å². The molecule has 0 unspecified atom stereocenters. The highest BCUT2D eigenvalue weighted by Gasteiger charge is 2.05. The Morgan fingerprint density at radius 2 is 1.94 bits per heavy atom. The third-order valence-electron chi connectivity index (χ3n) is 2.88. The molecule has 1 rings (SSSR count). The normalized spacial score (nSPS) is 11.1. The van der Waals surface area contributed by atoms with E-state index < -0.39 is 0 Å². The molecule has 2 N–H and O–H groups in total. The molecule has 0 atom stereocenters. The van der Waals surface area contributed by atoms with Gasteiger partial charge in [0.1, 0.15) is 0 Å². The van der Waals surface area contributed by atoms with Gasteiger partial charge in [-0.2, -0.15) is 0 Å². The van der Waals surface area contributed by atoms with Gasteiger partial charge in [-0.05, 0) is 53.6 Å². The summed E-state index contributed by atoms with van der Waals surface area (Å²) < 4.78 is 1.10. The second kappa shape index (κ2) is 7.29. The first kappa shape index (κ1) is 14.9. The van der Waals surface area contributed by atoms with Crippen molar-refractivity contribution >= 4 is 33.4 Å². The minimum absolute atomic E-state index is 0.852. The summed E-state index contributed by atoms with van der Waals surface area (Å²) in [5, 5.41) is 0. The van der Waals surface area contributed by atoms with E-state index in [0.717, 1.165) is 41.1 Å². The van der Waals surface area contributed by atoms with Gasteiger partial charge in [0.2, 0.25) is 0 Å². The summed E-state index contributed by atoms with van der Waals surface area (Å²) in [6.07, 6.45) is 0. The van der Waals surface area contributed by atoms with Gasteiger partial charge in [0.05, 0.1) is 0 Å². The lowest BCUT2D eigenvalue weighted by molar-refractivity contribution is 0.324. The van der Waals surface area contributed by atoms with Crippen molar-refractivity contribution in [1.82, 2.24) is 4.90 Å². The Balaban J connectivity index is 2.55. The number of aryl methyl sites for hydroxylation is 1. The van der Waals surface area contributed by atoms with Gasteiger partial charge in [-0.3, -0.25) is 0 Å². The molecule has 17 heavy (non-hydrogen) atoms. The second-order valence-corrected chi connectivity index (χ2v) is 6.01. The van der Waals surface area contributed by atoms with E-state index in [1.54, 1.807) is 0 Å². The maximum Gasteiger partial charge on any atom is 0.0355 e. The van der Waals surface area contributed by atoms with E-state index in [1.165, 1.54) is 4.90 Å². The standard InChI is InChI=1S/C13H21BrN2S/c1-4-16(5-2)6-7-17-13-8-10(3)12(15)9-11(13)14/h8-9H,4-7,15H2,1-3H3. The Morgan fingerprint density at radius 3 is 2.53 bits per heavy atom. The van der Waals surface area contributed by atoms with Gasteiger partial charge >= 0.3 is 0 Å². The average Bonchev–Trinajstić information content (AvgIpc) is 2.31. The minimum Gasteiger partial charge on any atom is -0.398 e. The van der Waals surface area contributed by atoms with Crippen molar-refractivity contribution in [2.75, 3.05) is 31.1 Å². The second-order valence-electron chi connectivity index (χ2n) is 4.01. The van der Waals surface area contributed by atoms with Gasteiger partial charge in [0.25, 0.3) is 0 Å². The fourth-order valence-electron chi connectivity index (χ4n) is 1.61. The molecule has 4 heteroatoms. The van der Waals surface area contributed by atoms with Crippen LogP contribution < -0.4 is 5.73 Å². The monoisotopic (exact) mass is 316 g/mol. The highest BCUT2D eigenvalue weighted by molar-refractivity contribution is 9.10. The molecule has 0 amide bonds. The topological polar surface area (TPSA) is 29.3 Å². The first-order chi connectivity index (χ1) is 8.08. The van der Waals surface area contributed by atoms with Crippen LogP contribution in [0.1, 0.15) is 19.4 Å². The fraction of sp³-hybridized carbons (Fsp3) is 0.538. The first-order valence-electron chi connectivity index (χ1n) is 5.99. The maximum absolute atomic E-state index is 5.86. The van der Waals surface area contributed by atoms with Crippen LogP contribution in [0.25, 0.3) is 0 Å². The molecule has 1 aromatic carbocycles. The van der Waals surface area contributed by atoms with Crippen molar-refractivity contribution < 1.29 is 0 Å². The lowest BCUT2D eigenvalue weighted by atomic mass is 10.2. The first-order valence-corrected chi connectivity index (χ1v) is 7.77. The van der Waals surface area contributed by atoms with Crippen molar-refractivity contribution in [1.29, 1.82) is 0 Å². The summed E-state index contributed by atoms with van der Waals surface area (Å²) in [6.45, 7) is 9.84. The molecule has 0 spiro atoms. The molecule has 0 bridgehead atoms. The Morgan fingerprint density at radius 1 is 1.29 bits per heavy atom. The van der Waals surface area contributed by atoms with Gasteiger partial charge in [-0.1, -0.05) is 13.8 Å². The number of nitrogen functional groups attached to an aromatic ring is 1. The Labute approximate surface area is 117 Å². The molecule has 0 fully saturated rings. The van der Waals surface area contributed by atoms with E-state index in [9.17, 15) is 0 Å². The molecular weight excluding hydrogens is 296 g/mol. The summed E-state index contributed by atoms with van der Waals surface area (Å²) in [5.74, 6) is 1.11. The highest BCUT2D eigenvalue weighted by Crippen LogP contribution is 2.31. The lowest BCUT2D eigenvalue weighted by Gasteiger charge is -2.17. The number of benzene rings is 1. The molecule has 2 nitrogen and oxygen atoms in total. The number of hydrogen-bond acceptors (Lipinski definition) is 3. The summed E-state index contributed by atoms with van der Waals surface area (Å²) in [4.78, 5) is 3.72. The largest absolute Gasteiger partial charge is 0.398 e. The number of halogens is 1. The summed E-state index contributed by atoms with van der Waals surface area (Å²) in [5.41, 5.74) is 7.87. The molecule has 0 radical (unpaired) electrons. The van der Waals surface area contributed by atoms with Gasteiger partial charge in [0, 0.05) is 27.4 Å². The van der Waals surface area contributed by atoms with Crippen molar-refractivity contribution in [3.63, 3.8) is 0 Å². The number of nitrogens with two attached hydrogens (primary N) is 1. The summed E-state index contributed by atoms with van der Waals surface area (Å²) in [6, 6.07) is 4.15. The molecule has 0 aliphatic heterocycles. The number of nitrogens with zero attached hydrogens (tertiary/aromatic N) is 1. The van der Waals surface area contributed by atoms with E-state index in [4.69, 9.17) is 5.73 Å². The molecule has 0 aromatic heterocycles. The third-order valence-corrected chi connectivity index (χ3v) is 4.83. The molecule has 0 aliphatic rings. The number of anilines is 1. The van der Waals surface area contributed by atoms with Crippen LogP contribution >= 0.6 is 27.7 Å². The molecular formula is C13H21BrN2S. The molecule has 0 saturated carbocycles. The van der Waals surface area contributed by atoms with Crippen molar-refractivity contribution in [2.24, 2.45) is 0 Å². The SMILES string of the molecule is CCN(CC)CCSc1cc(C)c(N)cc1Br. The number of rotatable bonds is 6.